The molecule has 0 aromatic carbocycles. The summed E-state index contributed by atoms with van der Waals surface area (Å²) in [6, 6.07) is 0. The fourth-order valence-corrected chi connectivity index (χ4v) is 1.22. The summed E-state index contributed by atoms with van der Waals surface area (Å²) in [6.07, 6.45) is -17.3. The standard InChI is InChI=1S/2C6H10O7.Ba/c2*7-1-2(8)3(9)4(10)5(11)6(12)13;/h2*1-5,8-11H,(H,12,13);/q;;+2/p-2/t2*2-,3+,4+,5-;/m00./s1. The van der Waals surface area contributed by atoms with E-state index in [2.05, 4.69) is 0 Å². The summed E-state index contributed by atoms with van der Waals surface area (Å²) >= 11 is 0. The molecule has 0 saturated carbocycles. The van der Waals surface area contributed by atoms with Crippen molar-refractivity contribution in [2.75, 3.05) is 0 Å². The number of carboxylic acid groups (broad SMARTS) is 2. The van der Waals surface area contributed by atoms with Gasteiger partial charge in [0.2, 0.25) is 0 Å². The molecular formula is C12H18BaO14. The SMILES string of the molecule is O=C[C@H](O)[C@@H](O)[C@@H](O)[C@H](O)C(=O)[O-].O=C[C@H](O)[C@@H](O)[C@@H](O)[C@H](O)C(=O)[O-].[Ba+2]. The van der Waals surface area contributed by atoms with Gasteiger partial charge in [0.25, 0.3) is 0 Å². The Labute approximate surface area is 191 Å². The first kappa shape index (κ1) is 31.2. The number of rotatable bonds is 10. The van der Waals surface area contributed by atoms with Gasteiger partial charge in [-0.05, 0) is 0 Å². The van der Waals surface area contributed by atoms with Gasteiger partial charge in [-0.1, -0.05) is 0 Å². The molecule has 0 aliphatic rings. The smallest absolute Gasteiger partial charge is 0.547 e. The molecule has 152 valence electrons. The second kappa shape index (κ2) is 15.5. The Hall–Kier alpha value is -0.469. The number of aliphatic hydroxyl groups excluding tert-OH is 8. The third kappa shape index (κ3) is 11.2. The van der Waals surface area contributed by atoms with E-state index in [1.807, 2.05) is 0 Å². The quantitative estimate of drug-likeness (QED) is 0.0975. The molecule has 27 heavy (non-hydrogen) atoms. The molecule has 0 aliphatic carbocycles. The monoisotopic (exact) mass is 524 g/mol. The number of aliphatic carboxylic acids is 2. The van der Waals surface area contributed by atoms with E-state index in [0.717, 1.165) is 0 Å². The zero-order chi connectivity index (χ0) is 21.2. The first-order valence-electron chi connectivity index (χ1n) is 6.60. The van der Waals surface area contributed by atoms with E-state index < -0.39 is 60.8 Å². The number of carboxylic acids is 2. The molecule has 0 rings (SSSR count). The van der Waals surface area contributed by atoms with Crippen LogP contribution < -0.4 is 10.2 Å². The van der Waals surface area contributed by atoms with Crippen molar-refractivity contribution in [2.24, 2.45) is 0 Å². The fraction of sp³-hybridized carbons (Fsp3) is 0.667. The zero-order valence-electron chi connectivity index (χ0n) is 13.5. The second-order valence-electron chi connectivity index (χ2n) is 4.74. The van der Waals surface area contributed by atoms with E-state index in [1.165, 1.54) is 0 Å². The van der Waals surface area contributed by atoms with E-state index in [4.69, 9.17) is 40.9 Å². The maximum Gasteiger partial charge on any atom is 2.00 e. The van der Waals surface area contributed by atoms with Crippen molar-refractivity contribution in [3.05, 3.63) is 0 Å². The minimum absolute atomic E-state index is 0. The summed E-state index contributed by atoms with van der Waals surface area (Å²) in [5, 5.41) is 89.7. The van der Waals surface area contributed by atoms with Crippen LogP contribution in [0.5, 0.6) is 0 Å². The van der Waals surface area contributed by atoms with Gasteiger partial charge in [0.05, 0.1) is 11.9 Å². The Morgan fingerprint density at radius 3 is 0.963 bits per heavy atom. The Bertz CT molecular complexity index is 431. The van der Waals surface area contributed by atoms with Crippen molar-refractivity contribution in [1.29, 1.82) is 0 Å². The molecule has 0 heterocycles. The maximum absolute atomic E-state index is 9.95. The van der Waals surface area contributed by atoms with Gasteiger partial charge in [-0.15, -0.1) is 0 Å². The van der Waals surface area contributed by atoms with Crippen molar-refractivity contribution >= 4 is 73.4 Å². The van der Waals surface area contributed by atoms with Crippen molar-refractivity contribution < 1.29 is 70.2 Å². The fourth-order valence-electron chi connectivity index (χ4n) is 1.22. The van der Waals surface area contributed by atoms with Gasteiger partial charge in [0.15, 0.2) is 12.6 Å². The van der Waals surface area contributed by atoms with Crippen LogP contribution in [0, 0.1) is 0 Å². The summed E-state index contributed by atoms with van der Waals surface area (Å²) in [5.41, 5.74) is 0. The minimum Gasteiger partial charge on any atom is -0.547 e. The Balaban J connectivity index is -0.000000411. The Kier molecular flexibility index (Phi) is 17.9. The number of aliphatic hydroxyl groups is 8. The van der Waals surface area contributed by atoms with E-state index in [-0.39, 0.29) is 61.5 Å². The van der Waals surface area contributed by atoms with Crippen molar-refractivity contribution in [3.8, 4) is 0 Å². The van der Waals surface area contributed by atoms with E-state index in [1.54, 1.807) is 0 Å². The Morgan fingerprint density at radius 1 is 0.593 bits per heavy atom. The Morgan fingerprint density at radius 2 is 0.815 bits per heavy atom. The van der Waals surface area contributed by atoms with Crippen LogP contribution in [0.1, 0.15) is 0 Å². The van der Waals surface area contributed by atoms with Crippen LogP contribution in [-0.2, 0) is 19.2 Å². The van der Waals surface area contributed by atoms with Crippen molar-refractivity contribution in [3.63, 3.8) is 0 Å². The second-order valence-corrected chi connectivity index (χ2v) is 4.74. The van der Waals surface area contributed by atoms with Crippen LogP contribution in [0.3, 0.4) is 0 Å². The summed E-state index contributed by atoms with van der Waals surface area (Å²) in [4.78, 5) is 39.7. The molecule has 0 aromatic heterocycles. The molecule has 0 bridgehead atoms. The number of carbonyl (C=O) groups excluding carboxylic acids is 4. The van der Waals surface area contributed by atoms with Gasteiger partial charge in [0, 0.05) is 0 Å². The molecule has 0 amide bonds. The average Bonchev–Trinajstić information content (AvgIpc) is 2.62. The molecule has 15 heteroatoms. The summed E-state index contributed by atoms with van der Waals surface area (Å²) in [5.74, 6) is -4.02. The number of carbonyl (C=O) groups is 4. The van der Waals surface area contributed by atoms with Crippen molar-refractivity contribution in [1.82, 2.24) is 0 Å². The average molecular weight is 524 g/mol. The molecule has 0 spiro atoms. The molecule has 0 fully saturated rings. The molecule has 8 atom stereocenters. The maximum atomic E-state index is 9.95. The van der Waals surface area contributed by atoms with Crippen LogP contribution in [0.15, 0.2) is 0 Å². The first-order valence-corrected chi connectivity index (χ1v) is 6.60. The van der Waals surface area contributed by atoms with Crippen LogP contribution in [0.4, 0.5) is 0 Å². The van der Waals surface area contributed by atoms with Crippen LogP contribution >= 0.6 is 0 Å². The van der Waals surface area contributed by atoms with Crippen LogP contribution in [0.25, 0.3) is 0 Å². The predicted molar refractivity (Wildman–Crippen MR) is 76.0 cm³/mol. The van der Waals surface area contributed by atoms with E-state index in [9.17, 15) is 29.4 Å². The number of aldehydes is 2. The van der Waals surface area contributed by atoms with Gasteiger partial charge in [-0.2, -0.15) is 0 Å². The molecule has 0 aromatic rings. The van der Waals surface area contributed by atoms with Gasteiger partial charge < -0.3 is 70.2 Å². The summed E-state index contributed by atoms with van der Waals surface area (Å²) in [6.45, 7) is 0. The zero-order valence-corrected chi connectivity index (χ0v) is 17.9. The third-order valence-electron chi connectivity index (χ3n) is 2.81. The molecule has 0 aliphatic heterocycles. The molecule has 14 nitrogen and oxygen atoms in total. The minimum atomic E-state index is -2.36. The van der Waals surface area contributed by atoms with E-state index >= 15 is 0 Å². The van der Waals surface area contributed by atoms with Gasteiger partial charge in [0.1, 0.15) is 48.8 Å². The normalized spacial score (nSPS) is 19.3. The van der Waals surface area contributed by atoms with E-state index in [0.29, 0.717) is 0 Å². The largest absolute Gasteiger partial charge is 2.00 e. The molecule has 0 unspecified atom stereocenters. The predicted octanol–water partition coefficient (Wildman–Crippen LogP) is -9.62. The number of hydrogen-bond acceptors (Lipinski definition) is 14. The summed E-state index contributed by atoms with van der Waals surface area (Å²) in [7, 11) is 0. The van der Waals surface area contributed by atoms with Gasteiger partial charge in [-0.3, -0.25) is 0 Å². The number of hydrogen-bond donors (Lipinski definition) is 8. The van der Waals surface area contributed by atoms with Crippen LogP contribution in [-0.4, -0.2) is 163 Å². The first-order chi connectivity index (χ1) is 11.8. The third-order valence-corrected chi connectivity index (χ3v) is 2.81. The van der Waals surface area contributed by atoms with Crippen molar-refractivity contribution in [2.45, 2.75) is 48.8 Å². The molecular weight excluding hydrogens is 505 g/mol. The topological polar surface area (TPSA) is 276 Å². The molecule has 0 radical (unpaired) electrons. The van der Waals surface area contributed by atoms with Gasteiger partial charge in [-0.25, -0.2) is 0 Å². The van der Waals surface area contributed by atoms with Crippen LogP contribution in [0.2, 0.25) is 0 Å². The summed E-state index contributed by atoms with van der Waals surface area (Å²) < 4.78 is 0. The molecule has 8 N–H and O–H groups in total. The van der Waals surface area contributed by atoms with Gasteiger partial charge >= 0.3 is 48.9 Å². The molecule has 0 saturated heterocycles.